The van der Waals surface area contributed by atoms with E-state index in [2.05, 4.69) is 95.0 Å². The highest BCUT2D eigenvalue weighted by molar-refractivity contribution is 5.86. The summed E-state index contributed by atoms with van der Waals surface area (Å²) in [5.74, 6) is 1.88. The first-order valence-electron chi connectivity index (χ1n) is 14.6. The molecule has 0 fully saturated rings. The Balaban J connectivity index is -0.000000756. The molecule has 0 amide bonds. The molecule has 6 rings (SSSR count). The van der Waals surface area contributed by atoms with E-state index in [1.165, 1.54) is 22.3 Å². The first-order valence-corrected chi connectivity index (χ1v) is 14.6. The van der Waals surface area contributed by atoms with Crippen molar-refractivity contribution in [3.8, 4) is 11.5 Å². The molecule has 0 spiro atoms. The monoisotopic (exact) mass is 800 g/mol. The van der Waals surface area contributed by atoms with Crippen LogP contribution in [0.4, 0.5) is 0 Å². The molecule has 49 heavy (non-hydrogen) atoms. The summed E-state index contributed by atoms with van der Waals surface area (Å²) in [7, 11) is 8.34. The summed E-state index contributed by atoms with van der Waals surface area (Å²) in [5, 5.41) is 7.29. The lowest BCUT2D eigenvalue weighted by Gasteiger charge is -2.21. The average molecular weight is 804 g/mol. The summed E-state index contributed by atoms with van der Waals surface area (Å²) >= 11 is 0. The van der Waals surface area contributed by atoms with Crippen LogP contribution in [0.1, 0.15) is 45.7 Å². The van der Waals surface area contributed by atoms with Gasteiger partial charge in [0.15, 0.2) is 0 Å². The highest BCUT2D eigenvalue weighted by Crippen LogP contribution is 2.36. The fourth-order valence-corrected chi connectivity index (χ4v) is 5.30. The zero-order chi connectivity index (χ0) is 29.3. The van der Waals surface area contributed by atoms with Crippen molar-refractivity contribution in [1.82, 2.24) is 30.4 Å². The third-order valence-electron chi connectivity index (χ3n) is 7.48. The van der Waals surface area contributed by atoms with Gasteiger partial charge in [-0.05, 0) is 63.6 Å². The van der Waals surface area contributed by atoms with Crippen LogP contribution in [0.15, 0.2) is 85.2 Å². The normalized spacial score (nSPS) is 14.4. The topological polar surface area (TPSA) is 106 Å². The third kappa shape index (κ3) is 13.8. The standard InChI is InChI=1S/2C17H21N3O.6ClH.H2O/c2*1-20(2)11-10-19-17-13-7-5-9-18-15(13)12-21-16-8-4-3-6-14(16)17;;;;;;;/h2*3-9,17,19H,10-12H2,1-2H3;6*1H;1H2. The third-order valence-corrected chi connectivity index (χ3v) is 7.48. The molecule has 2 atom stereocenters. The van der Waals surface area contributed by atoms with Crippen LogP contribution in [-0.2, 0) is 13.2 Å². The lowest BCUT2D eigenvalue weighted by atomic mass is 9.97. The molecule has 9 nitrogen and oxygen atoms in total. The van der Waals surface area contributed by atoms with E-state index < -0.39 is 0 Å². The molecule has 0 aliphatic carbocycles. The average Bonchev–Trinajstić information content (AvgIpc) is 3.26. The fourth-order valence-electron chi connectivity index (χ4n) is 5.30. The summed E-state index contributed by atoms with van der Waals surface area (Å²) in [4.78, 5) is 13.3. The van der Waals surface area contributed by atoms with Crippen molar-refractivity contribution in [2.24, 2.45) is 0 Å². The van der Waals surface area contributed by atoms with E-state index in [9.17, 15) is 0 Å². The second kappa shape index (κ2) is 25.8. The Labute approximate surface area is 328 Å². The van der Waals surface area contributed by atoms with E-state index in [0.29, 0.717) is 13.2 Å². The van der Waals surface area contributed by atoms with Crippen LogP contribution < -0.4 is 20.1 Å². The SMILES string of the molecule is CN(C)CCNC1c2ccccc2OCc2ncccc21.CN(C)CCNC1c2ccccc2OCc2ncccc21.Cl.Cl.Cl.Cl.Cl.Cl.O. The minimum absolute atomic E-state index is 0. The van der Waals surface area contributed by atoms with E-state index in [-0.39, 0.29) is 92.0 Å². The molecule has 2 aromatic carbocycles. The van der Waals surface area contributed by atoms with Crippen LogP contribution >= 0.6 is 74.4 Å². The van der Waals surface area contributed by atoms with Gasteiger partial charge in [0.1, 0.15) is 24.7 Å². The molecule has 2 unspecified atom stereocenters. The van der Waals surface area contributed by atoms with Crippen molar-refractivity contribution in [3.63, 3.8) is 0 Å². The van der Waals surface area contributed by atoms with Gasteiger partial charge in [0.25, 0.3) is 0 Å². The maximum Gasteiger partial charge on any atom is 0.131 e. The van der Waals surface area contributed by atoms with Gasteiger partial charge in [0, 0.05) is 49.7 Å². The number of hydrogen-bond donors (Lipinski definition) is 2. The van der Waals surface area contributed by atoms with Crippen LogP contribution in [0.2, 0.25) is 0 Å². The number of ether oxygens (including phenoxy) is 2. The van der Waals surface area contributed by atoms with Gasteiger partial charge in [-0.2, -0.15) is 0 Å². The Morgan fingerprint density at radius 2 is 0.898 bits per heavy atom. The number of para-hydroxylation sites is 2. The maximum atomic E-state index is 5.92. The Hall–Kier alpha value is -2.12. The molecule has 2 aliphatic rings. The van der Waals surface area contributed by atoms with E-state index in [1.54, 1.807) is 0 Å². The minimum atomic E-state index is 0. The molecule has 15 heteroatoms. The molecule has 4 aromatic rings. The van der Waals surface area contributed by atoms with Crippen molar-refractivity contribution in [1.29, 1.82) is 0 Å². The number of aromatic nitrogens is 2. The molecule has 2 aromatic heterocycles. The van der Waals surface area contributed by atoms with Gasteiger partial charge in [-0.15, -0.1) is 74.4 Å². The van der Waals surface area contributed by atoms with Crippen LogP contribution in [0.25, 0.3) is 0 Å². The van der Waals surface area contributed by atoms with E-state index in [4.69, 9.17) is 9.47 Å². The molecule has 0 saturated heterocycles. The first-order chi connectivity index (χ1) is 20.5. The number of nitrogens with one attached hydrogen (secondary N) is 2. The molecule has 0 saturated carbocycles. The van der Waals surface area contributed by atoms with Gasteiger partial charge in [0.05, 0.1) is 23.5 Å². The molecule has 0 bridgehead atoms. The molecule has 4 N–H and O–H groups in total. The molecular weight excluding hydrogens is 753 g/mol. The second-order valence-electron chi connectivity index (χ2n) is 11.1. The summed E-state index contributed by atoms with van der Waals surface area (Å²) < 4.78 is 11.8. The number of likely N-dealkylation sites (N-methyl/N-ethyl adjacent to an activating group) is 2. The highest BCUT2D eigenvalue weighted by Gasteiger charge is 2.25. The minimum Gasteiger partial charge on any atom is -0.487 e. The lowest BCUT2D eigenvalue weighted by molar-refractivity contribution is 0.302. The predicted molar refractivity (Wildman–Crippen MR) is 214 cm³/mol. The number of benzene rings is 2. The number of hydrogen-bond acceptors (Lipinski definition) is 8. The number of nitrogens with zero attached hydrogens (tertiary/aromatic N) is 4. The van der Waals surface area contributed by atoms with Crippen molar-refractivity contribution in [2.45, 2.75) is 25.3 Å². The molecule has 2 aliphatic heterocycles. The van der Waals surface area contributed by atoms with Crippen LogP contribution in [0.3, 0.4) is 0 Å². The lowest BCUT2D eigenvalue weighted by Crippen LogP contribution is -2.30. The van der Waals surface area contributed by atoms with Crippen molar-refractivity contribution in [3.05, 3.63) is 119 Å². The van der Waals surface area contributed by atoms with Crippen molar-refractivity contribution in [2.75, 3.05) is 54.4 Å². The number of fused-ring (bicyclic) bond motifs is 4. The summed E-state index contributed by atoms with van der Waals surface area (Å²) in [6.45, 7) is 4.88. The van der Waals surface area contributed by atoms with Crippen LogP contribution in [0, 0.1) is 0 Å². The summed E-state index contributed by atoms with van der Waals surface area (Å²) in [6.07, 6.45) is 3.66. The Kier molecular flexibility index (Phi) is 27.0. The van der Waals surface area contributed by atoms with Crippen LogP contribution in [0.5, 0.6) is 11.5 Å². The molecule has 276 valence electrons. The van der Waals surface area contributed by atoms with Crippen molar-refractivity contribution >= 4 is 74.4 Å². The molecular formula is C34H50Cl6N6O3. The largest absolute Gasteiger partial charge is 0.487 e. The van der Waals surface area contributed by atoms with E-state index in [1.807, 2.05) is 48.8 Å². The van der Waals surface area contributed by atoms with Gasteiger partial charge in [-0.25, -0.2) is 0 Å². The number of rotatable bonds is 8. The maximum absolute atomic E-state index is 5.92. The van der Waals surface area contributed by atoms with Gasteiger partial charge in [0.2, 0.25) is 0 Å². The van der Waals surface area contributed by atoms with Gasteiger partial charge in [-0.1, -0.05) is 48.5 Å². The Morgan fingerprint density at radius 3 is 1.27 bits per heavy atom. The second-order valence-corrected chi connectivity index (χ2v) is 11.1. The van der Waals surface area contributed by atoms with E-state index in [0.717, 1.165) is 49.1 Å². The van der Waals surface area contributed by atoms with Gasteiger partial charge < -0.3 is 35.4 Å². The molecule has 0 radical (unpaired) electrons. The number of halogens is 6. The Bertz CT molecular complexity index is 1270. The van der Waals surface area contributed by atoms with Crippen LogP contribution in [-0.4, -0.2) is 79.6 Å². The first kappa shape index (κ1) is 51.3. The summed E-state index contributed by atoms with van der Waals surface area (Å²) in [6, 6.07) is 25.0. The van der Waals surface area contributed by atoms with Crippen molar-refractivity contribution < 1.29 is 14.9 Å². The van der Waals surface area contributed by atoms with Gasteiger partial charge >= 0.3 is 0 Å². The number of pyridine rings is 2. The van der Waals surface area contributed by atoms with Gasteiger partial charge in [-0.3, -0.25) is 9.97 Å². The quantitative estimate of drug-likeness (QED) is 0.219. The fraction of sp³-hybridized carbons (Fsp3) is 0.353. The zero-order valence-corrected chi connectivity index (χ0v) is 32.9. The Morgan fingerprint density at radius 1 is 0.551 bits per heavy atom. The zero-order valence-electron chi connectivity index (χ0n) is 28.0. The summed E-state index contributed by atoms with van der Waals surface area (Å²) in [5.41, 5.74) is 6.81. The predicted octanol–water partition coefficient (Wildman–Crippen LogP) is 6.14. The molecule has 4 heterocycles. The smallest absolute Gasteiger partial charge is 0.131 e. The van der Waals surface area contributed by atoms with E-state index >= 15 is 0 Å². The highest BCUT2D eigenvalue weighted by atomic mass is 35.5.